The van der Waals surface area contributed by atoms with Gasteiger partial charge in [0, 0.05) is 18.5 Å². The summed E-state index contributed by atoms with van der Waals surface area (Å²) >= 11 is 0. The van der Waals surface area contributed by atoms with Crippen molar-refractivity contribution in [3.05, 3.63) is 47.5 Å². The number of fused-ring (bicyclic) bond motifs is 1. The fourth-order valence-electron chi connectivity index (χ4n) is 1.96. The van der Waals surface area contributed by atoms with Crippen molar-refractivity contribution in [2.45, 2.75) is 19.9 Å². The first-order valence-corrected chi connectivity index (χ1v) is 5.98. The smallest absolute Gasteiger partial charge is 0.219 e. The quantitative estimate of drug-likeness (QED) is 0.836. The molecule has 0 aromatic heterocycles. The molecule has 3 heteroatoms. The molecule has 0 heterocycles. The highest BCUT2D eigenvalue weighted by Gasteiger charge is 2.05. The zero-order chi connectivity index (χ0) is 13.0. The van der Waals surface area contributed by atoms with Crippen LogP contribution < -0.4 is 5.32 Å². The van der Waals surface area contributed by atoms with E-state index < -0.39 is 0 Å². The van der Waals surface area contributed by atoms with Crippen LogP contribution in [0.3, 0.4) is 0 Å². The summed E-state index contributed by atoms with van der Waals surface area (Å²) in [6, 6.07) is 11.4. The van der Waals surface area contributed by atoms with Crippen LogP contribution in [-0.2, 0) is 11.3 Å². The third kappa shape index (κ3) is 2.40. The Morgan fingerprint density at radius 1 is 1.17 bits per heavy atom. The first kappa shape index (κ1) is 12.3. The summed E-state index contributed by atoms with van der Waals surface area (Å²) in [5.74, 6) is 0.0264. The number of nitrogens with one attached hydrogen (secondary N) is 1. The number of aldehydes is 1. The number of amides is 1. The maximum atomic E-state index is 11.3. The van der Waals surface area contributed by atoms with E-state index in [0.717, 1.165) is 22.6 Å². The minimum Gasteiger partial charge on any atom is -0.352 e. The molecule has 0 aliphatic carbocycles. The van der Waals surface area contributed by atoms with Crippen molar-refractivity contribution in [1.82, 2.24) is 5.32 Å². The Kier molecular flexibility index (Phi) is 3.72. The van der Waals surface area contributed by atoms with Gasteiger partial charge in [-0.1, -0.05) is 43.3 Å². The highest BCUT2D eigenvalue weighted by molar-refractivity contribution is 5.99. The standard InChI is InChI=1S/C15H15NO2/c1-2-15(18)16-9-11-7-8-12(10-17)14-6-4-3-5-13(11)14/h3-8,10H,2,9H2,1H3,(H,16,18). The van der Waals surface area contributed by atoms with Gasteiger partial charge in [0.25, 0.3) is 0 Å². The molecule has 0 aliphatic rings. The Labute approximate surface area is 106 Å². The molecule has 2 rings (SSSR count). The first-order chi connectivity index (χ1) is 8.76. The van der Waals surface area contributed by atoms with Gasteiger partial charge in [-0.25, -0.2) is 0 Å². The number of carbonyl (C=O) groups is 2. The molecule has 3 nitrogen and oxygen atoms in total. The van der Waals surface area contributed by atoms with Crippen molar-refractivity contribution in [1.29, 1.82) is 0 Å². The third-order valence-electron chi connectivity index (χ3n) is 2.97. The molecule has 0 radical (unpaired) electrons. The third-order valence-corrected chi connectivity index (χ3v) is 2.97. The Balaban J connectivity index is 2.40. The number of hydrogen-bond donors (Lipinski definition) is 1. The molecular formula is C15H15NO2. The van der Waals surface area contributed by atoms with E-state index in [1.54, 1.807) is 6.07 Å². The number of rotatable bonds is 4. The summed E-state index contributed by atoms with van der Waals surface area (Å²) in [7, 11) is 0. The molecule has 0 saturated heterocycles. The second kappa shape index (κ2) is 5.45. The maximum Gasteiger partial charge on any atom is 0.219 e. The molecule has 0 spiro atoms. The van der Waals surface area contributed by atoms with Gasteiger partial charge < -0.3 is 5.32 Å². The van der Waals surface area contributed by atoms with Gasteiger partial charge in [-0.3, -0.25) is 9.59 Å². The normalized spacial score (nSPS) is 10.3. The lowest BCUT2D eigenvalue weighted by atomic mass is 10.00. The van der Waals surface area contributed by atoms with Gasteiger partial charge in [-0.2, -0.15) is 0 Å². The highest BCUT2D eigenvalue weighted by atomic mass is 16.1. The van der Waals surface area contributed by atoms with Crippen LogP contribution in [-0.4, -0.2) is 12.2 Å². The summed E-state index contributed by atoms with van der Waals surface area (Å²) in [5.41, 5.74) is 1.70. The molecule has 2 aromatic rings. The van der Waals surface area contributed by atoms with Crippen LogP contribution in [0, 0.1) is 0 Å². The van der Waals surface area contributed by atoms with Crippen LogP contribution in [0.4, 0.5) is 0 Å². The first-order valence-electron chi connectivity index (χ1n) is 5.98. The average molecular weight is 241 g/mol. The predicted octanol–water partition coefficient (Wildman–Crippen LogP) is 2.68. The van der Waals surface area contributed by atoms with Gasteiger partial charge in [0.15, 0.2) is 6.29 Å². The van der Waals surface area contributed by atoms with Gasteiger partial charge in [-0.15, -0.1) is 0 Å². The van der Waals surface area contributed by atoms with Gasteiger partial charge in [0.1, 0.15) is 0 Å². The average Bonchev–Trinajstić information content (AvgIpc) is 2.44. The molecule has 0 unspecified atom stereocenters. The molecular weight excluding hydrogens is 226 g/mol. The lowest BCUT2D eigenvalue weighted by Crippen LogP contribution is -2.21. The molecule has 1 amide bonds. The van der Waals surface area contributed by atoms with Gasteiger partial charge in [0.2, 0.25) is 5.91 Å². The largest absolute Gasteiger partial charge is 0.352 e. The fraction of sp³-hybridized carbons (Fsp3) is 0.200. The van der Waals surface area contributed by atoms with Crippen molar-refractivity contribution in [3.8, 4) is 0 Å². The number of benzene rings is 2. The fourth-order valence-corrected chi connectivity index (χ4v) is 1.96. The maximum absolute atomic E-state index is 11.3. The van der Waals surface area contributed by atoms with Crippen molar-refractivity contribution in [2.75, 3.05) is 0 Å². The van der Waals surface area contributed by atoms with Crippen LogP contribution >= 0.6 is 0 Å². The summed E-state index contributed by atoms with van der Waals surface area (Å²) in [5, 5.41) is 4.79. The predicted molar refractivity (Wildman–Crippen MR) is 71.5 cm³/mol. The lowest BCUT2D eigenvalue weighted by molar-refractivity contribution is -0.120. The SMILES string of the molecule is CCC(=O)NCc1ccc(C=O)c2ccccc12. The minimum absolute atomic E-state index is 0.0264. The highest BCUT2D eigenvalue weighted by Crippen LogP contribution is 2.21. The molecule has 92 valence electrons. The minimum atomic E-state index is 0.0264. The van der Waals surface area contributed by atoms with E-state index in [4.69, 9.17) is 0 Å². The van der Waals surface area contributed by atoms with Gasteiger partial charge in [0.05, 0.1) is 0 Å². The molecule has 0 atom stereocenters. The lowest BCUT2D eigenvalue weighted by Gasteiger charge is -2.09. The van der Waals surface area contributed by atoms with Crippen LogP contribution in [0.5, 0.6) is 0 Å². The summed E-state index contributed by atoms with van der Waals surface area (Å²) < 4.78 is 0. The molecule has 0 saturated carbocycles. The zero-order valence-corrected chi connectivity index (χ0v) is 10.3. The molecule has 0 aliphatic heterocycles. The topological polar surface area (TPSA) is 46.2 Å². The zero-order valence-electron chi connectivity index (χ0n) is 10.3. The van der Waals surface area contributed by atoms with Gasteiger partial charge in [-0.05, 0) is 16.3 Å². The molecule has 18 heavy (non-hydrogen) atoms. The Morgan fingerprint density at radius 3 is 2.56 bits per heavy atom. The van der Waals surface area contributed by atoms with E-state index in [1.165, 1.54) is 0 Å². The molecule has 1 N–H and O–H groups in total. The van der Waals surface area contributed by atoms with Gasteiger partial charge >= 0.3 is 0 Å². The number of hydrogen-bond acceptors (Lipinski definition) is 2. The monoisotopic (exact) mass is 241 g/mol. The summed E-state index contributed by atoms with van der Waals surface area (Å²) in [4.78, 5) is 22.3. The van der Waals surface area contributed by atoms with Crippen LogP contribution in [0.2, 0.25) is 0 Å². The second-order valence-electron chi connectivity index (χ2n) is 4.11. The van der Waals surface area contributed by atoms with Crippen molar-refractivity contribution < 1.29 is 9.59 Å². The summed E-state index contributed by atoms with van der Waals surface area (Å²) in [6.07, 6.45) is 1.33. The van der Waals surface area contributed by atoms with Crippen molar-refractivity contribution in [2.24, 2.45) is 0 Å². The number of carbonyl (C=O) groups excluding carboxylic acids is 2. The van der Waals surface area contributed by atoms with Crippen molar-refractivity contribution in [3.63, 3.8) is 0 Å². The van der Waals surface area contributed by atoms with Crippen LogP contribution in [0.25, 0.3) is 10.8 Å². The van der Waals surface area contributed by atoms with E-state index in [9.17, 15) is 9.59 Å². The van der Waals surface area contributed by atoms with E-state index >= 15 is 0 Å². The van der Waals surface area contributed by atoms with E-state index in [0.29, 0.717) is 18.5 Å². The Hall–Kier alpha value is -2.16. The van der Waals surface area contributed by atoms with Crippen molar-refractivity contribution >= 4 is 23.0 Å². The van der Waals surface area contributed by atoms with E-state index in [1.807, 2.05) is 37.3 Å². The summed E-state index contributed by atoms with van der Waals surface area (Å²) in [6.45, 7) is 2.31. The Bertz CT molecular complexity index is 590. The van der Waals surface area contributed by atoms with E-state index in [2.05, 4.69) is 5.32 Å². The molecule has 2 aromatic carbocycles. The molecule has 0 fully saturated rings. The Morgan fingerprint density at radius 2 is 1.89 bits per heavy atom. The van der Waals surface area contributed by atoms with E-state index in [-0.39, 0.29) is 5.91 Å². The molecule has 0 bridgehead atoms. The van der Waals surface area contributed by atoms with Crippen LogP contribution in [0.15, 0.2) is 36.4 Å². The van der Waals surface area contributed by atoms with Crippen LogP contribution in [0.1, 0.15) is 29.3 Å². The second-order valence-corrected chi connectivity index (χ2v) is 4.11.